The van der Waals surface area contributed by atoms with Gasteiger partial charge >= 0.3 is 5.97 Å². The van der Waals surface area contributed by atoms with Crippen LogP contribution in [0.2, 0.25) is 0 Å². The van der Waals surface area contributed by atoms with E-state index >= 15 is 0 Å². The number of hydrogen-bond acceptors (Lipinski definition) is 2. The van der Waals surface area contributed by atoms with Gasteiger partial charge in [0.25, 0.3) is 0 Å². The number of carbonyl (C=O) groups is 1. The summed E-state index contributed by atoms with van der Waals surface area (Å²) in [6.07, 6.45) is 8.67. The number of aryl methyl sites for hydroxylation is 2. The molecule has 1 aromatic carbocycles. The lowest BCUT2D eigenvalue weighted by Crippen LogP contribution is -2.04. The van der Waals surface area contributed by atoms with Gasteiger partial charge < -0.3 is 5.11 Å². The Bertz CT molecular complexity index is 694. The number of aromatic nitrogens is 1. The zero-order valence-corrected chi connectivity index (χ0v) is 12.9. The van der Waals surface area contributed by atoms with Crippen molar-refractivity contribution >= 4 is 5.97 Å². The van der Waals surface area contributed by atoms with Crippen LogP contribution in [-0.4, -0.2) is 16.1 Å². The summed E-state index contributed by atoms with van der Waals surface area (Å²) in [5, 5.41) is 8.94. The van der Waals surface area contributed by atoms with Crippen molar-refractivity contribution in [3.63, 3.8) is 0 Å². The molecule has 1 heterocycles. The molecule has 1 aromatic heterocycles. The van der Waals surface area contributed by atoms with Crippen molar-refractivity contribution in [2.45, 2.75) is 44.9 Å². The van der Waals surface area contributed by atoms with Gasteiger partial charge in [0, 0.05) is 18.0 Å². The molecule has 0 saturated carbocycles. The quantitative estimate of drug-likeness (QED) is 0.919. The van der Waals surface area contributed by atoms with E-state index in [0.717, 1.165) is 17.5 Å². The van der Waals surface area contributed by atoms with Crippen molar-refractivity contribution in [1.29, 1.82) is 0 Å². The number of rotatable bonds is 4. The minimum atomic E-state index is -0.772. The molecular weight excluding hydrogens is 274 g/mol. The number of aliphatic carboxylic acids is 1. The molecule has 3 heteroatoms. The summed E-state index contributed by atoms with van der Waals surface area (Å²) in [5.74, 6) is -0.797. The summed E-state index contributed by atoms with van der Waals surface area (Å²) in [5.41, 5.74) is 6.16. The zero-order chi connectivity index (χ0) is 15.5. The standard InChI is InChI=1S/C19H21NO2/c1-13(8-19(21)22)17-10-18(12-20-11-17)16-7-6-14-4-2-3-5-15(14)9-16/h6-7,9-13H,2-5,8H2,1H3,(H,21,22). The third-order valence-corrected chi connectivity index (χ3v) is 4.49. The molecule has 0 radical (unpaired) electrons. The highest BCUT2D eigenvalue weighted by Crippen LogP contribution is 2.29. The van der Waals surface area contributed by atoms with Gasteiger partial charge in [-0.3, -0.25) is 9.78 Å². The number of hydrogen-bond donors (Lipinski definition) is 1. The predicted molar refractivity (Wildman–Crippen MR) is 87.0 cm³/mol. The third kappa shape index (κ3) is 3.19. The summed E-state index contributed by atoms with van der Waals surface area (Å²) in [6, 6.07) is 8.74. The zero-order valence-electron chi connectivity index (χ0n) is 12.9. The number of carboxylic acid groups (broad SMARTS) is 1. The number of fused-ring (bicyclic) bond motifs is 1. The maximum absolute atomic E-state index is 10.9. The first kappa shape index (κ1) is 14.8. The van der Waals surface area contributed by atoms with E-state index in [9.17, 15) is 4.79 Å². The average Bonchev–Trinajstić information content (AvgIpc) is 2.54. The maximum Gasteiger partial charge on any atom is 0.303 e. The molecule has 0 saturated heterocycles. The molecule has 0 spiro atoms. The monoisotopic (exact) mass is 295 g/mol. The van der Waals surface area contributed by atoms with Gasteiger partial charge in [0.15, 0.2) is 0 Å². The molecule has 1 aliphatic rings. The summed E-state index contributed by atoms with van der Waals surface area (Å²) >= 11 is 0. The molecule has 114 valence electrons. The van der Waals surface area contributed by atoms with Gasteiger partial charge in [-0.1, -0.05) is 25.1 Å². The van der Waals surface area contributed by atoms with Crippen LogP contribution in [0, 0.1) is 0 Å². The lowest BCUT2D eigenvalue weighted by molar-refractivity contribution is -0.137. The van der Waals surface area contributed by atoms with E-state index < -0.39 is 5.97 Å². The molecule has 2 aromatic rings. The van der Waals surface area contributed by atoms with Crippen molar-refractivity contribution in [2.24, 2.45) is 0 Å². The SMILES string of the molecule is CC(CC(=O)O)c1cncc(-c2ccc3c(c2)CCCC3)c1. The molecule has 0 aliphatic heterocycles. The van der Waals surface area contributed by atoms with Crippen LogP contribution >= 0.6 is 0 Å². The Labute approximate surface area is 131 Å². The third-order valence-electron chi connectivity index (χ3n) is 4.49. The highest BCUT2D eigenvalue weighted by Gasteiger charge is 2.13. The smallest absolute Gasteiger partial charge is 0.303 e. The minimum Gasteiger partial charge on any atom is -0.481 e. The highest BCUT2D eigenvalue weighted by atomic mass is 16.4. The Balaban J connectivity index is 1.90. The minimum absolute atomic E-state index is 0.0254. The normalized spacial score (nSPS) is 15.1. The molecule has 0 fully saturated rings. The summed E-state index contributed by atoms with van der Waals surface area (Å²) in [4.78, 5) is 15.2. The second kappa shape index (κ2) is 6.30. The van der Waals surface area contributed by atoms with E-state index in [2.05, 4.69) is 29.2 Å². The molecular formula is C19H21NO2. The lowest BCUT2D eigenvalue weighted by atomic mass is 9.89. The highest BCUT2D eigenvalue weighted by molar-refractivity contribution is 5.69. The fourth-order valence-electron chi connectivity index (χ4n) is 3.18. The van der Waals surface area contributed by atoms with Gasteiger partial charge in [0.1, 0.15) is 0 Å². The summed E-state index contributed by atoms with van der Waals surface area (Å²) in [7, 11) is 0. The van der Waals surface area contributed by atoms with Crippen LogP contribution in [0.3, 0.4) is 0 Å². The maximum atomic E-state index is 10.9. The van der Waals surface area contributed by atoms with E-state index in [1.54, 1.807) is 6.20 Å². The number of pyridine rings is 1. The first-order chi connectivity index (χ1) is 10.6. The van der Waals surface area contributed by atoms with Crippen LogP contribution in [0.15, 0.2) is 36.7 Å². The molecule has 0 amide bonds. The summed E-state index contributed by atoms with van der Waals surface area (Å²) < 4.78 is 0. The van der Waals surface area contributed by atoms with E-state index in [1.165, 1.54) is 36.0 Å². The first-order valence-corrected chi connectivity index (χ1v) is 7.92. The lowest BCUT2D eigenvalue weighted by Gasteiger charge is -2.17. The fraction of sp³-hybridized carbons (Fsp3) is 0.368. The molecule has 1 N–H and O–H groups in total. The average molecular weight is 295 g/mol. The predicted octanol–water partition coefficient (Wildman–Crippen LogP) is 4.21. The molecule has 1 atom stereocenters. The van der Waals surface area contributed by atoms with E-state index in [1.807, 2.05) is 13.1 Å². The molecule has 1 aliphatic carbocycles. The molecule has 3 rings (SSSR count). The van der Waals surface area contributed by atoms with Gasteiger partial charge in [0.05, 0.1) is 6.42 Å². The van der Waals surface area contributed by atoms with Crippen LogP contribution in [-0.2, 0) is 17.6 Å². The topological polar surface area (TPSA) is 50.2 Å². The van der Waals surface area contributed by atoms with Crippen molar-refractivity contribution in [3.05, 3.63) is 53.3 Å². The van der Waals surface area contributed by atoms with Gasteiger partial charge in [-0.25, -0.2) is 0 Å². The molecule has 3 nitrogen and oxygen atoms in total. The Hall–Kier alpha value is -2.16. The van der Waals surface area contributed by atoms with Crippen LogP contribution in [0.25, 0.3) is 11.1 Å². The number of nitrogens with zero attached hydrogens (tertiary/aromatic N) is 1. The van der Waals surface area contributed by atoms with Crippen molar-refractivity contribution in [3.8, 4) is 11.1 Å². The van der Waals surface area contributed by atoms with Gasteiger partial charge in [0.2, 0.25) is 0 Å². The Kier molecular flexibility index (Phi) is 4.23. The van der Waals surface area contributed by atoms with Crippen molar-refractivity contribution in [1.82, 2.24) is 4.98 Å². The first-order valence-electron chi connectivity index (χ1n) is 7.92. The van der Waals surface area contributed by atoms with E-state index in [-0.39, 0.29) is 12.3 Å². The van der Waals surface area contributed by atoms with Gasteiger partial charge in [-0.05, 0) is 59.9 Å². The second-order valence-corrected chi connectivity index (χ2v) is 6.20. The Morgan fingerprint density at radius 1 is 1.14 bits per heavy atom. The van der Waals surface area contributed by atoms with Gasteiger partial charge in [-0.2, -0.15) is 0 Å². The van der Waals surface area contributed by atoms with Crippen LogP contribution in [0.1, 0.15) is 48.8 Å². The number of benzene rings is 1. The van der Waals surface area contributed by atoms with E-state index in [0.29, 0.717) is 0 Å². The van der Waals surface area contributed by atoms with Crippen LogP contribution < -0.4 is 0 Å². The summed E-state index contributed by atoms with van der Waals surface area (Å²) in [6.45, 7) is 1.93. The molecule has 0 bridgehead atoms. The van der Waals surface area contributed by atoms with Crippen LogP contribution in [0.4, 0.5) is 0 Å². The largest absolute Gasteiger partial charge is 0.481 e. The van der Waals surface area contributed by atoms with Crippen LogP contribution in [0.5, 0.6) is 0 Å². The van der Waals surface area contributed by atoms with Crippen molar-refractivity contribution in [2.75, 3.05) is 0 Å². The van der Waals surface area contributed by atoms with E-state index in [4.69, 9.17) is 5.11 Å². The molecule has 22 heavy (non-hydrogen) atoms. The van der Waals surface area contributed by atoms with Crippen molar-refractivity contribution < 1.29 is 9.90 Å². The fourth-order valence-corrected chi connectivity index (χ4v) is 3.18. The molecule has 1 unspecified atom stereocenters. The number of carboxylic acids is 1. The Morgan fingerprint density at radius 2 is 1.91 bits per heavy atom. The Morgan fingerprint density at radius 3 is 2.68 bits per heavy atom. The van der Waals surface area contributed by atoms with Gasteiger partial charge in [-0.15, -0.1) is 0 Å². The second-order valence-electron chi connectivity index (χ2n) is 6.20.